The van der Waals surface area contributed by atoms with E-state index in [0.717, 1.165) is 12.1 Å². The van der Waals surface area contributed by atoms with Crippen LogP contribution in [0.3, 0.4) is 0 Å². The summed E-state index contributed by atoms with van der Waals surface area (Å²) >= 11 is 0. The fourth-order valence-corrected chi connectivity index (χ4v) is 1.78. The van der Waals surface area contributed by atoms with Gasteiger partial charge in [0.15, 0.2) is 0 Å². The molecule has 0 aliphatic carbocycles. The Morgan fingerprint density at radius 3 is 2.70 bits per heavy atom. The highest BCUT2D eigenvalue weighted by Gasteiger charge is 2.09. The second-order valence-electron chi connectivity index (χ2n) is 4.07. The van der Waals surface area contributed by atoms with Gasteiger partial charge in [-0.15, -0.1) is 0 Å². The minimum Gasteiger partial charge on any atom is -0.388 e. The van der Waals surface area contributed by atoms with E-state index >= 15 is 0 Å². The Labute approximate surface area is 111 Å². The van der Waals surface area contributed by atoms with Crippen molar-refractivity contribution in [2.45, 2.75) is 0 Å². The lowest BCUT2D eigenvalue weighted by atomic mass is 10.2. The first-order valence-electron chi connectivity index (χ1n) is 5.75. The van der Waals surface area contributed by atoms with Crippen molar-refractivity contribution in [2.24, 2.45) is 0 Å². The van der Waals surface area contributed by atoms with Gasteiger partial charge in [-0.3, -0.25) is 0 Å². The van der Waals surface area contributed by atoms with E-state index in [0.29, 0.717) is 10.9 Å². The van der Waals surface area contributed by atoms with E-state index in [1.54, 1.807) is 24.3 Å². The van der Waals surface area contributed by atoms with Gasteiger partial charge < -0.3 is 9.73 Å². The molecule has 2 aromatic carbocycles. The molecule has 1 aromatic heterocycles. The Bertz CT molecular complexity index is 846. The minimum absolute atomic E-state index is 0.0302. The second kappa shape index (κ2) is 4.73. The largest absolute Gasteiger partial charge is 0.388 e. The van der Waals surface area contributed by atoms with Crippen molar-refractivity contribution in [2.75, 3.05) is 5.32 Å². The van der Waals surface area contributed by atoms with Crippen molar-refractivity contribution >= 4 is 22.6 Å². The molecule has 1 N–H and O–H groups in total. The molecule has 0 aliphatic rings. The van der Waals surface area contributed by atoms with Crippen LogP contribution >= 0.6 is 0 Å². The molecule has 0 radical (unpaired) electrons. The Kier molecular flexibility index (Phi) is 2.90. The van der Waals surface area contributed by atoms with Crippen LogP contribution in [0.15, 0.2) is 51.7 Å². The summed E-state index contributed by atoms with van der Waals surface area (Å²) in [5, 5.41) is 2.84. The van der Waals surface area contributed by atoms with Crippen molar-refractivity contribution in [3.05, 3.63) is 64.5 Å². The zero-order valence-corrected chi connectivity index (χ0v) is 10.1. The number of fused-ring (bicyclic) bond motifs is 1. The summed E-state index contributed by atoms with van der Waals surface area (Å²) in [7, 11) is 0. The van der Waals surface area contributed by atoms with Crippen molar-refractivity contribution in [1.29, 1.82) is 0 Å². The molecule has 0 amide bonds. The van der Waals surface area contributed by atoms with Gasteiger partial charge in [0.05, 0.1) is 16.6 Å². The Morgan fingerprint density at radius 2 is 1.90 bits per heavy atom. The third kappa shape index (κ3) is 2.23. The van der Waals surface area contributed by atoms with Crippen LogP contribution in [-0.4, -0.2) is 4.98 Å². The average Bonchev–Trinajstić information content (AvgIpc) is 2.42. The topological polar surface area (TPSA) is 55.1 Å². The minimum atomic E-state index is -0.803. The number of halogens is 2. The quantitative estimate of drug-likeness (QED) is 0.779. The number of rotatable bonds is 2. The van der Waals surface area contributed by atoms with Crippen molar-refractivity contribution in [3.63, 3.8) is 0 Å². The fraction of sp³-hybridized carbons (Fsp3) is 0. The van der Waals surface area contributed by atoms with Gasteiger partial charge in [0.2, 0.25) is 0 Å². The molecule has 1 heterocycles. The first-order valence-corrected chi connectivity index (χ1v) is 5.75. The number of hydrogen-bond donors (Lipinski definition) is 1. The Hall–Kier alpha value is -2.76. The maximum absolute atomic E-state index is 13.5. The molecule has 3 aromatic rings. The standard InChI is InChI=1S/C14H8F2N2O2/c15-8-5-6-12(10(16)7-8)18-14-17-11-4-2-1-3-9(11)13(19)20-14/h1-7H,(H,17,18). The molecule has 20 heavy (non-hydrogen) atoms. The molecule has 100 valence electrons. The summed E-state index contributed by atoms with van der Waals surface area (Å²) in [5.74, 6) is -1.50. The smallest absolute Gasteiger partial charge is 0.348 e. The molecule has 0 spiro atoms. The Morgan fingerprint density at radius 1 is 1.10 bits per heavy atom. The number of nitrogens with zero attached hydrogens (tertiary/aromatic N) is 1. The summed E-state index contributed by atoms with van der Waals surface area (Å²) < 4.78 is 31.2. The molecule has 6 heteroatoms. The third-order valence-electron chi connectivity index (χ3n) is 2.71. The van der Waals surface area contributed by atoms with E-state index in [9.17, 15) is 13.6 Å². The molecular weight excluding hydrogens is 266 g/mol. The predicted molar refractivity (Wildman–Crippen MR) is 69.9 cm³/mol. The van der Waals surface area contributed by atoms with E-state index in [1.165, 1.54) is 6.07 Å². The van der Waals surface area contributed by atoms with E-state index in [4.69, 9.17) is 4.42 Å². The molecule has 0 unspecified atom stereocenters. The zero-order valence-electron chi connectivity index (χ0n) is 10.1. The number of para-hydroxylation sites is 1. The lowest BCUT2D eigenvalue weighted by Crippen LogP contribution is -2.05. The first kappa shape index (κ1) is 12.3. The van der Waals surface area contributed by atoms with Crippen LogP contribution in [0, 0.1) is 11.6 Å². The number of aromatic nitrogens is 1. The van der Waals surface area contributed by atoms with Crippen LogP contribution in [0.4, 0.5) is 20.5 Å². The lowest BCUT2D eigenvalue weighted by Gasteiger charge is -2.05. The highest BCUT2D eigenvalue weighted by atomic mass is 19.1. The predicted octanol–water partition coefficient (Wildman–Crippen LogP) is 3.21. The summed E-state index contributed by atoms with van der Waals surface area (Å²) in [4.78, 5) is 15.8. The van der Waals surface area contributed by atoms with Crippen LogP contribution < -0.4 is 10.9 Å². The van der Waals surface area contributed by atoms with E-state index in [-0.39, 0.29) is 11.7 Å². The molecule has 0 aliphatic heterocycles. The number of hydrogen-bond acceptors (Lipinski definition) is 4. The summed E-state index contributed by atoms with van der Waals surface area (Å²) in [5.41, 5.74) is -0.188. The fourth-order valence-electron chi connectivity index (χ4n) is 1.78. The van der Waals surface area contributed by atoms with E-state index < -0.39 is 17.3 Å². The average molecular weight is 274 g/mol. The van der Waals surface area contributed by atoms with Crippen molar-refractivity contribution < 1.29 is 13.2 Å². The zero-order chi connectivity index (χ0) is 14.1. The lowest BCUT2D eigenvalue weighted by molar-refractivity contribution is 0.520. The number of benzene rings is 2. The maximum Gasteiger partial charge on any atom is 0.348 e. The van der Waals surface area contributed by atoms with E-state index in [1.807, 2.05) is 0 Å². The summed E-state index contributed by atoms with van der Waals surface area (Å²) in [6.07, 6.45) is 0. The van der Waals surface area contributed by atoms with Crippen LogP contribution in [0.2, 0.25) is 0 Å². The number of anilines is 2. The normalized spacial score (nSPS) is 10.7. The third-order valence-corrected chi connectivity index (χ3v) is 2.71. The van der Waals surface area contributed by atoms with Gasteiger partial charge in [0.1, 0.15) is 11.6 Å². The number of nitrogens with one attached hydrogen (secondary N) is 1. The Balaban J connectivity index is 2.05. The summed E-state index contributed by atoms with van der Waals surface area (Å²) in [6.45, 7) is 0. The van der Waals surface area contributed by atoms with Crippen LogP contribution in [0.5, 0.6) is 0 Å². The molecule has 4 nitrogen and oxygen atoms in total. The SMILES string of the molecule is O=c1oc(Nc2ccc(F)cc2F)nc2ccccc12. The summed E-state index contributed by atoms with van der Waals surface area (Å²) in [6, 6.07) is 9.48. The van der Waals surface area contributed by atoms with E-state index in [2.05, 4.69) is 10.3 Å². The van der Waals surface area contributed by atoms with Gasteiger partial charge in [-0.1, -0.05) is 12.1 Å². The molecule has 0 fully saturated rings. The van der Waals surface area contributed by atoms with Gasteiger partial charge in [0, 0.05) is 6.07 Å². The van der Waals surface area contributed by atoms with Crippen molar-refractivity contribution in [3.8, 4) is 0 Å². The van der Waals surface area contributed by atoms with Gasteiger partial charge in [-0.05, 0) is 24.3 Å². The molecule has 0 saturated carbocycles. The van der Waals surface area contributed by atoms with Gasteiger partial charge in [-0.25, -0.2) is 13.6 Å². The highest BCUT2D eigenvalue weighted by molar-refractivity contribution is 5.77. The van der Waals surface area contributed by atoms with Gasteiger partial charge in [0.25, 0.3) is 0 Å². The molecular formula is C14H8F2N2O2. The molecule has 0 saturated heterocycles. The maximum atomic E-state index is 13.5. The monoisotopic (exact) mass is 274 g/mol. The van der Waals surface area contributed by atoms with Gasteiger partial charge >= 0.3 is 11.6 Å². The first-order chi connectivity index (χ1) is 9.63. The highest BCUT2D eigenvalue weighted by Crippen LogP contribution is 2.20. The van der Waals surface area contributed by atoms with Gasteiger partial charge in [-0.2, -0.15) is 4.98 Å². The molecule has 3 rings (SSSR count). The van der Waals surface area contributed by atoms with Crippen LogP contribution in [-0.2, 0) is 0 Å². The van der Waals surface area contributed by atoms with Crippen LogP contribution in [0.25, 0.3) is 10.9 Å². The molecule has 0 atom stereocenters. The molecule has 0 bridgehead atoms. The van der Waals surface area contributed by atoms with Crippen LogP contribution in [0.1, 0.15) is 0 Å². The van der Waals surface area contributed by atoms with Crippen molar-refractivity contribution in [1.82, 2.24) is 4.98 Å². The second-order valence-corrected chi connectivity index (χ2v) is 4.07.